The van der Waals surface area contributed by atoms with Crippen molar-refractivity contribution in [2.75, 3.05) is 14.1 Å². The molecule has 0 aliphatic heterocycles. The van der Waals surface area contributed by atoms with E-state index >= 15 is 0 Å². The van der Waals surface area contributed by atoms with Gasteiger partial charge in [-0.3, -0.25) is 9.59 Å². The van der Waals surface area contributed by atoms with Gasteiger partial charge in [0.05, 0.1) is 33.3 Å². The number of hydrogen-bond acceptors (Lipinski definition) is 7. The van der Waals surface area contributed by atoms with Crippen molar-refractivity contribution in [1.82, 2.24) is 23.8 Å². The lowest BCUT2D eigenvalue weighted by Gasteiger charge is -2.11. The van der Waals surface area contributed by atoms with Crippen LogP contribution in [0.15, 0.2) is 52.2 Å². The van der Waals surface area contributed by atoms with Gasteiger partial charge >= 0.3 is 5.97 Å². The Morgan fingerprint density at radius 1 is 1.11 bits per heavy atom. The summed E-state index contributed by atoms with van der Waals surface area (Å²) in [5, 5.41) is 0.496. The minimum atomic E-state index is -3.59. The molecule has 0 fully saturated rings. The number of carbonyl (C=O) groups is 1. The minimum Gasteiger partial charge on any atom is -0.457 e. The first kappa shape index (κ1) is 24.6. The smallest absolute Gasteiger partial charge is 0.306 e. The van der Waals surface area contributed by atoms with Crippen LogP contribution < -0.4 is 5.56 Å². The first-order valence-electron chi connectivity index (χ1n) is 11.3. The van der Waals surface area contributed by atoms with Crippen LogP contribution in [0, 0.1) is 0 Å². The number of ether oxygens (including phenoxy) is 1. The van der Waals surface area contributed by atoms with Crippen molar-refractivity contribution in [3.8, 4) is 0 Å². The number of para-hydroxylation sites is 1. The molecule has 0 saturated carbocycles. The van der Waals surface area contributed by atoms with Crippen LogP contribution >= 0.6 is 0 Å². The Balaban J connectivity index is 1.48. The molecule has 0 amide bonds. The molecular weight excluding hydrogens is 470 g/mol. The number of sulfonamides is 1. The largest absolute Gasteiger partial charge is 0.457 e. The zero-order chi connectivity index (χ0) is 25.2. The number of aromatic nitrogens is 4. The van der Waals surface area contributed by atoms with Gasteiger partial charge in [0.2, 0.25) is 10.0 Å². The predicted molar refractivity (Wildman–Crippen MR) is 131 cm³/mol. The average molecular weight is 498 g/mol. The van der Waals surface area contributed by atoms with E-state index in [4.69, 9.17) is 4.74 Å². The van der Waals surface area contributed by atoms with Gasteiger partial charge < -0.3 is 14.3 Å². The van der Waals surface area contributed by atoms with E-state index in [9.17, 15) is 18.0 Å². The number of H-pyrrole nitrogens is 1. The zero-order valence-corrected chi connectivity index (χ0v) is 20.6. The van der Waals surface area contributed by atoms with Gasteiger partial charge in [0.25, 0.3) is 5.56 Å². The maximum Gasteiger partial charge on any atom is 0.306 e. The zero-order valence-electron chi connectivity index (χ0n) is 19.8. The van der Waals surface area contributed by atoms with Crippen molar-refractivity contribution < 1.29 is 17.9 Å². The third-order valence-corrected chi connectivity index (χ3v) is 7.43. The molecule has 0 saturated heterocycles. The molecular formula is C24H27N5O5S. The van der Waals surface area contributed by atoms with Crippen molar-refractivity contribution in [1.29, 1.82) is 0 Å². The highest BCUT2D eigenvalue weighted by Gasteiger charge is 2.20. The summed E-state index contributed by atoms with van der Waals surface area (Å²) < 4.78 is 33.5. The fraction of sp³-hybridized carbons (Fsp3) is 0.333. The topological polar surface area (TPSA) is 127 Å². The molecule has 184 valence electrons. The molecule has 0 radical (unpaired) electrons. The normalized spacial score (nSPS) is 12.0. The highest BCUT2D eigenvalue weighted by Crippen LogP contribution is 2.23. The maximum atomic E-state index is 12.5. The quantitative estimate of drug-likeness (QED) is 0.352. The second kappa shape index (κ2) is 9.96. The summed E-state index contributed by atoms with van der Waals surface area (Å²) in [7, 11) is -0.642. The van der Waals surface area contributed by atoms with E-state index in [-0.39, 0.29) is 29.9 Å². The van der Waals surface area contributed by atoms with Gasteiger partial charge in [-0.15, -0.1) is 0 Å². The number of benzene rings is 2. The molecule has 35 heavy (non-hydrogen) atoms. The number of carbonyl (C=O) groups excluding carboxylic acids is 1. The standard InChI is InChI=1S/C24H27N5O5S/c1-4-13-29-20-10-9-16(35(32,33)28(2)3)14-19(20)26-22(29)15-34-23(30)12-11-21-25-18-8-6-5-7-17(18)24(31)27-21/h5-10,14H,4,11-13,15H2,1-3H3,(H,25,27,31). The molecule has 2 aromatic carbocycles. The van der Waals surface area contributed by atoms with E-state index in [1.807, 2.05) is 11.5 Å². The maximum absolute atomic E-state index is 12.5. The molecule has 0 atom stereocenters. The lowest BCUT2D eigenvalue weighted by Crippen LogP contribution is -2.22. The second-order valence-electron chi connectivity index (χ2n) is 8.31. The Morgan fingerprint density at radius 2 is 1.89 bits per heavy atom. The van der Waals surface area contributed by atoms with Gasteiger partial charge in [-0.1, -0.05) is 19.1 Å². The average Bonchev–Trinajstić information content (AvgIpc) is 3.18. The minimum absolute atomic E-state index is 0.0422. The second-order valence-corrected chi connectivity index (χ2v) is 10.5. The summed E-state index contributed by atoms with van der Waals surface area (Å²) in [6, 6.07) is 11.8. The van der Waals surface area contributed by atoms with Gasteiger partial charge in [0.1, 0.15) is 18.3 Å². The summed E-state index contributed by atoms with van der Waals surface area (Å²) in [5.74, 6) is 0.497. The number of nitrogens with zero attached hydrogens (tertiary/aromatic N) is 4. The molecule has 2 aromatic heterocycles. The van der Waals surface area contributed by atoms with Crippen molar-refractivity contribution in [2.24, 2.45) is 0 Å². The monoisotopic (exact) mass is 497 g/mol. The fourth-order valence-corrected chi connectivity index (χ4v) is 4.73. The van der Waals surface area contributed by atoms with Gasteiger partial charge in [-0.25, -0.2) is 22.7 Å². The summed E-state index contributed by atoms with van der Waals surface area (Å²) in [5.41, 5.74) is 1.62. The van der Waals surface area contributed by atoms with Crippen LogP contribution in [-0.2, 0) is 39.1 Å². The van der Waals surface area contributed by atoms with E-state index in [1.165, 1.54) is 20.2 Å². The summed E-state index contributed by atoms with van der Waals surface area (Å²) in [6.07, 6.45) is 1.10. The van der Waals surface area contributed by atoms with Crippen LogP contribution in [0.3, 0.4) is 0 Å². The molecule has 10 nitrogen and oxygen atoms in total. The van der Waals surface area contributed by atoms with Gasteiger partial charge in [-0.05, 0) is 36.8 Å². The highest BCUT2D eigenvalue weighted by atomic mass is 32.2. The van der Waals surface area contributed by atoms with E-state index in [1.54, 1.807) is 36.4 Å². The van der Waals surface area contributed by atoms with Gasteiger partial charge in [-0.2, -0.15) is 0 Å². The number of aromatic amines is 1. The van der Waals surface area contributed by atoms with Crippen molar-refractivity contribution >= 4 is 37.9 Å². The fourth-order valence-electron chi connectivity index (χ4n) is 3.81. The lowest BCUT2D eigenvalue weighted by molar-refractivity contribution is -0.145. The third-order valence-electron chi connectivity index (χ3n) is 5.61. The van der Waals surface area contributed by atoms with Crippen LogP contribution in [0.5, 0.6) is 0 Å². The predicted octanol–water partition coefficient (Wildman–Crippen LogP) is 2.61. The number of fused-ring (bicyclic) bond motifs is 2. The van der Waals surface area contributed by atoms with Crippen molar-refractivity contribution in [2.45, 2.75) is 44.2 Å². The van der Waals surface area contributed by atoms with Gasteiger partial charge in [0.15, 0.2) is 0 Å². The number of imidazole rings is 1. The number of hydrogen-bond donors (Lipinski definition) is 1. The van der Waals surface area contributed by atoms with E-state index in [2.05, 4.69) is 15.0 Å². The molecule has 0 aliphatic rings. The van der Waals surface area contributed by atoms with Crippen LogP contribution in [-0.4, -0.2) is 52.3 Å². The van der Waals surface area contributed by atoms with Crippen LogP contribution in [0.1, 0.15) is 31.4 Å². The first-order valence-corrected chi connectivity index (χ1v) is 12.7. The van der Waals surface area contributed by atoms with Crippen LogP contribution in [0.25, 0.3) is 21.9 Å². The first-order chi connectivity index (χ1) is 16.7. The molecule has 2 heterocycles. The van der Waals surface area contributed by atoms with E-state index < -0.39 is 16.0 Å². The summed E-state index contributed by atoms with van der Waals surface area (Å²) in [4.78, 5) is 36.4. The molecule has 0 unspecified atom stereocenters. The van der Waals surface area contributed by atoms with E-state index in [0.717, 1.165) is 16.2 Å². The Morgan fingerprint density at radius 3 is 2.63 bits per heavy atom. The summed E-state index contributed by atoms with van der Waals surface area (Å²) >= 11 is 0. The highest BCUT2D eigenvalue weighted by molar-refractivity contribution is 7.89. The molecule has 0 bridgehead atoms. The third kappa shape index (κ3) is 5.10. The van der Waals surface area contributed by atoms with Crippen molar-refractivity contribution in [3.63, 3.8) is 0 Å². The SMILES string of the molecule is CCCn1c(COC(=O)CCc2nc3ccccc3c(=O)[nH]2)nc2cc(S(=O)(=O)N(C)C)ccc21. The molecule has 0 spiro atoms. The Labute approximate surface area is 202 Å². The van der Waals surface area contributed by atoms with Crippen LogP contribution in [0.2, 0.25) is 0 Å². The molecule has 1 N–H and O–H groups in total. The van der Waals surface area contributed by atoms with E-state index in [0.29, 0.717) is 34.6 Å². The molecule has 4 aromatic rings. The van der Waals surface area contributed by atoms with Crippen molar-refractivity contribution in [3.05, 3.63) is 64.5 Å². The molecule has 0 aliphatic carbocycles. The lowest BCUT2D eigenvalue weighted by atomic mass is 10.2. The number of esters is 1. The number of nitrogens with one attached hydrogen (secondary N) is 1. The van der Waals surface area contributed by atoms with Gasteiger partial charge in [0, 0.05) is 27.1 Å². The Bertz CT molecular complexity index is 1560. The number of aryl methyl sites for hydroxylation is 2. The Kier molecular flexibility index (Phi) is 6.99. The Hall–Kier alpha value is -3.57. The molecule has 4 rings (SSSR count). The summed E-state index contributed by atoms with van der Waals surface area (Å²) in [6.45, 7) is 2.61. The molecule has 11 heteroatoms. The van der Waals surface area contributed by atoms with Crippen LogP contribution in [0.4, 0.5) is 0 Å². The number of rotatable bonds is 9.